The first-order valence-corrected chi connectivity index (χ1v) is 6.16. The van der Waals surface area contributed by atoms with Crippen molar-refractivity contribution in [2.75, 3.05) is 0 Å². The van der Waals surface area contributed by atoms with E-state index in [9.17, 15) is 9.50 Å². The summed E-state index contributed by atoms with van der Waals surface area (Å²) in [5, 5.41) is 9.71. The Hall–Kier alpha value is -1.55. The molecule has 0 saturated heterocycles. The number of nitrogens with zero attached hydrogens (tertiary/aromatic N) is 2. The van der Waals surface area contributed by atoms with Gasteiger partial charge >= 0.3 is 0 Å². The van der Waals surface area contributed by atoms with Crippen LogP contribution < -0.4 is 0 Å². The van der Waals surface area contributed by atoms with Gasteiger partial charge in [0.05, 0.1) is 5.02 Å². The van der Waals surface area contributed by atoms with Crippen LogP contribution in [-0.2, 0) is 13.0 Å². The van der Waals surface area contributed by atoms with Crippen LogP contribution in [-0.4, -0.2) is 14.7 Å². The van der Waals surface area contributed by atoms with Gasteiger partial charge in [-0.2, -0.15) is 0 Å². The van der Waals surface area contributed by atoms with Gasteiger partial charge in [0.2, 0.25) is 0 Å². The fraction of sp³-hybridized carbons (Fsp3) is 0.308. The average Bonchev–Trinajstić information content (AvgIpc) is 2.74. The van der Waals surface area contributed by atoms with Crippen molar-refractivity contribution >= 4 is 11.6 Å². The maximum absolute atomic E-state index is 13.1. The molecule has 1 aromatic heterocycles. The van der Waals surface area contributed by atoms with E-state index in [-0.39, 0.29) is 10.8 Å². The number of imidazole rings is 1. The molecule has 0 amide bonds. The highest BCUT2D eigenvalue weighted by Crippen LogP contribution is 2.26. The summed E-state index contributed by atoms with van der Waals surface area (Å²) < 4.78 is 15.1. The van der Waals surface area contributed by atoms with Gasteiger partial charge < -0.3 is 9.67 Å². The molecule has 0 radical (unpaired) electrons. The highest BCUT2D eigenvalue weighted by atomic mass is 35.5. The van der Waals surface area contributed by atoms with E-state index in [0.717, 1.165) is 24.9 Å². The van der Waals surface area contributed by atoms with Gasteiger partial charge in [0.25, 0.3) is 0 Å². The molecule has 1 aromatic carbocycles. The van der Waals surface area contributed by atoms with Crippen LogP contribution in [0.4, 0.5) is 4.39 Å². The minimum atomic E-state index is -0.616. The lowest BCUT2D eigenvalue weighted by atomic mass is 10.1. The molecular formula is C13H14ClFN2O. The first-order valence-electron chi connectivity index (χ1n) is 5.78. The topological polar surface area (TPSA) is 38.0 Å². The molecule has 0 aliphatic rings. The van der Waals surface area contributed by atoms with Gasteiger partial charge in [0, 0.05) is 37.0 Å². The Balaban J connectivity index is 2.28. The number of aromatic hydroxyl groups is 1. The maximum atomic E-state index is 13.1. The minimum absolute atomic E-state index is 0.0106. The maximum Gasteiger partial charge on any atom is 0.145 e. The number of rotatable bonds is 4. The minimum Gasteiger partial charge on any atom is -0.508 e. The van der Waals surface area contributed by atoms with E-state index in [1.54, 1.807) is 6.20 Å². The van der Waals surface area contributed by atoms with Gasteiger partial charge in [-0.05, 0) is 12.5 Å². The third-order valence-corrected chi connectivity index (χ3v) is 3.03. The number of benzene rings is 1. The zero-order valence-electron chi connectivity index (χ0n) is 10.0. The zero-order valence-corrected chi connectivity index (χ0v) is 10.8. The molecule has 2 rings (SSSR count). The van der Waals surface area contributed by atoms with Crippen LogP contribution in [0.25, 0.3) is 0 Å². The Morgan fingerprint density at radius 1 is 1.44 bits per heavy atom. The lowest BCUT2D eigenvalue weighted by molar-refractivity contribution is 0.462. The predicted octanol–water partition coefficient (Wildman–Crippen LogP) is 3.38. The van der Waals surface area contributed by atoms with Crippen LogP contribution >= 0.6 is 11.6 Å². The summed E-state index contributed by atoms with van der Waals surface area (Å²) in [4.78, 5) is 4.24. The summed E-state index contributed by atoms with van der Waals surface area (Å²) in [7, 11) is 0. The predicted molar refractivity (Wildman–Crippen MR) is 68.4 cm³/mol. The summed E-state index contributed by atoms with van der Waals surface area (Å²) in [5.41, 5.74) is 0.574. The molecule has 0 unspecified atom stereocenters. The Morgan fingerprint density at radius 2 is 2.22 bits per heavy atom. The van der Waals surface area contributed by atoms with Gasteiger partial charge in [-0.3, -0.25) is 0 Å². The SMILES string of the molecule is CCCn1ccnc1Cc1cc(Cl)c(F)cc1O. The summed E-state index contributed by atoms with van der Waals surface area (Å²) in [6, 6.07) is 2.47. The number of aromatic nitrogens is 2. The van der Waals surface area contributed by atoms with Crippen LogP contribution in [0, 0.1) is 5.82 Å². The summed E-state index contributed by atoms with van der Waals surface area (Å²) in [6.07, 6.45) is 5.03. The largest absolute Gasteiger partial charge is 0.508 e. The molecule has 18 heavy (non-hydrogen) atoms. The van der Waals surface area contributed by atoms with Crippen molar-refractivity contribution in [3.8, 4) is 5.75 Å². The zero-order chi connectivity index (χ0) is 13.1. The van der Waals surface area contributed by atoms with Crippen molar-refractivity contribution in [2.24, 2.45) is 0 Å². The van der Waals surface area contributed by atoms with Crippen LogP contribution in [0.3, 0.4) is 0 Å². The Labute approximate surface area is 110 Å². The normalized spacial score (nSPS) is 10.8. The first kappa shape index (κ1) is 12.9. The van der Waals surface area contributed by atoms with Gasteiger partial charge in [0.1, 0.15) is 17.4 Å². The highest BCUT2D eigenvalue weighted by molar-refractivity contribution is 6.30. The molecular weight excluding hydrogens is 255 g/mol. The molecule has 0 fully saturated rings. The molecule has 0 saturated carbocycles. The van der Waals surface area contributed by atoms with Gasteiger partial charge in [-0.15, -0.1) is 0 Å². The van der Waals surface area contributed by atoms with E-state index in [2.05, 4.69) is 11.9 Å². The standard InChI is InChI=1S/C13H14ClFN2O/c1-2-4-17-5-3-16-13(17)7-9-6-10(14)11(15)8-12(9)18/h3,5-6,8,18H,2,4,7H2,1H3. The Bertz CT molecular complexity index is 554. The van der Waals surface area contributed by atoms with Crippen molar-refractivity contribution in [1.29, 1.82) is 0 Å². The molecule has 0 atom stereocenters. The van der Waals surface area contributed by atoms with Crippen molar-refractivity contribution in [2.45, 2.75) is 26.3 Å². The third kappa shape index (κ3) is 2.64. The van der Waals surface area contributed by atoms with Gasteiger partial charge in [-0.25, -0.2) is 9.37 Å². The van der Waals surface area contributed by atoms with Crippen LogP contribution in [0.5, 0.6) is 5.75 Å². The molecule has 0 aliphatic heterocycles. The second-order valence-corrected chi connectivity index (χ2v) is 4.52. The van der Waals surface area contributed by atoms with Crippen LogP contribution in [0.1, 0.15) is 24.7 Å². The summed E-state index contributed by atoms with van der Waals surface area (Å²) >= 11 is 5.71. The molecule has 2 aromatic rings. The van der Waals surface area contributed by atoms with Crippen molar-refractivity contribution < 1.29 is 9.50 Å². The van der Waals surface area contributed by atoms with E-state index < -0.39 is 5.82 Å². The number of hydrogen-bond donors (Lipinski definition) is 1. The second-order valence-electron chi connectivity index (χ2n) is 4.11. The lowest BCUT2D eigenvalue weighted by Gasteiger charge is -2.08. The molecule has 5 heteroatoms. The Morgan fingerprint density at radius 3 is 2.94 bits per heavy atom. The number of halogens is 2. The molecule has 0 spiro atoms. The fourth-order valence-electron chi connectivity index (χ4n) is 1.84. The number of aryl methyl sites for hydroxylation is 1. The van der Waals surface area contributed by atoms with E-state index >= 15 is 0 Å². The van der Waals surface area contributed by atoms with E-state index in [1.165, 1.54) is 6.07 Å². The molecule has 0 bridgehead atoms. The Kier molecular flexibility index (Phi) is 3.87. The van der Waals surface area contributed by atoms with Crippen molar-refractivity contribution in [3.63, 3.8) is 0 Å². The third-order valence-electron chi connectivity index (χ3n) is 2.74. The van der Waals surface area contributed by atoms with Gasteiger partial charge in [0.15, 0.2) is 0 Å². The quantitative estimate of drug-likeness (QED) is 0.923. The van der Waals surface area contributed by atoms with Crippen LogP contribution in [0.15, 0.2) is 24.5 Å². The number of phenols is 1. The summed E-state index contributed by atoms with van der Waals surface area (Å²) in [6.45, 7) is 2.95. The van der Waals surface area contributed by atoms with E-state index in [4.69, 9.17) is 11.6 Å². The van der Waals surface area contributed by atoms with Crippen LogP contribution in [0.2, 0.25) is 5.02 Å². The molecule has 1 N–H and O–H groups in total. The fourth-order valence-corrected chi connectivity index (χ4v) is 2.03. The number of phenolic OH excluding ortho intramolecular Hbond substituents is 1. The van der Waals surface area contributed by atoms with Crippen molar-refractivity contribution in [3.05, 3.63) is 46.8 Å². The first-order chi connectivity index (χ1) is 8.61. The second kappa shape index (κ2) is 5.40. The molecule has 0 aliphatic carbocycles. The monoisotopic (exact) mass is 268 g/mol. The number of hydrogen-bond acceptors (Lipinski definition) is 2. The van der Waals surface area contributed by atoms with E-state index in [0.29, 0.717) is 12.0 Å². The molecule has 1 heterocycles. The summed E-state index contributed by atoms with van der Waals surface area (Å²) in [5.74, 6) is 0.118. The molecule has 96 valence electrons. The lowest BCUT2D eigenvalue weighted by Crippen LogP contribution is -2.03. The average molecular weight is 269 g/mol. The van der Waals surface area contributed by atoms with Gasteiger partial charge in [-0.1, -0.05) is 18.5 Å². The smallest absolute Gasteiger partial charge is 0.145 e. The van der Waals surface area contributed by atoms with Crippen molar-refractivity contribution in [1.82, 2.24) is 9.55 Å². The highest BCUT2D eigenvalue weighted by Gasteiger charge is 2.11. The molecule has 3 nitrogen and oxygen atoms in total. The van der Waals surface area contributed by atoms with E-state index in [1.807, 2.05) is 10.8 Å².